The zero-order chi connectivity index (χ0) is 17.1. The van der Waals surface area contributed by atoms with Gasteiger partial charge in [0.05, 0.1) is 6.54 Å². The molecule has 1 atom stereocenters. The summed E-state index contributed by atoms with van der Waals surface area (Å²) in [5.74, 6) is -0.332. The molecule has 0 aliphatic heterocycles. The van der Waals surface area contributed by atoms with Crippen molar-refractivity contribution in [2.45, 2.75) is 32.0 Å². The van der Waals surface area contributed by atoms with Crippen LogP contribution >= 0.6 is 11.3 Å². The van der Waals surface area contributed by atoms with Crippen molar-refractivity contribution in [1.29, 1.82) is 0 Å². The van der Waals surface area contributed by atoms with E-state index in [0.29, 0.717) is 5.75 Å². The zero-order valence-electron chi connectivity index (χ0n) is 13.3. The number of hydrogen-bond donors (Lipinski definition) is 2. The minimum atomic E-state index is -1.15. The highest BCUT2D eigenvalue weighted by Crippen LogP contribution is 2.25. The van der Waals surface area contributed by atoms with Gasteiger partial charge in [-0.3, -0.25) is 4.79 Å². The number of amides is 1. The van der Waals surface area contributed by atoms with E-state index in [1.54, 1.807) is 20.8 Å². The summed E-state index contributed by atoms with van der Waals surface area (Å²) >= 11 is 1.42. The van der Waals surface area contributed by atoms with E-state index in [2.05, 4.69) is 5.32 Å². The standard InChI is InChI=1S/C17H20FNO3S/c1-16(2,22-13-8-6-12(18)7-9-13)15(20)19-11-17(3,21)14-5-4-10-23-14/h4-10,21H,11H2,1-3H3,(H,19,20). The summed E-state index contributed by atoms with van der Waals surface area (Å²) in [5, 5.41) is 15.0. The van der Waals surface area contributed by atoms with Crippen molar-refractivity contribution < 1.29 is 19.0 Å². The molecule has 2 aromatic rings. The maximum Gasteiger partial charge on any atom is 0.263 e. The molecule has 6 heteroatoms. The molecule has 1 aromatic heterocycles. The first-order chi connectivity index (χ1) is 10.7. The fourth-order valence-electron chi connectivity index (χ4n) is 1.98. The Labute approximate surface area is 138 Å². The number of ether oxygens (including phenoxy) is 1. The van der Waals surface area contributed by atoms with Crippen LogP contribution in [0, 0.1) is 5.82 Å². The topological polar surface area (TPSA) is 58.6 Å². The summed E-state index contributed by atoms with van der Waals surface area (Å²) in [6.45, 7) is 4.95. The number of carbonyl (C=O) groups excluding carboxylic acids is 1. The molecule has 124 valence electrons. The second-order valence-corrected chi connectivity index (χ2v) is 6.95. The first kappa shape index (κ1) is 17.4. The van der Waals surface area contributed by atoms with E-state index in [0.717, 1.165) is 4.88 Å². The van der Waals surface area contributed by atoms with E-state index in [-0.39, 0.29) is 18.3 Å². The van der Waals surface area contributed by atoms with Gasteiger partial charge < -0.3 is 15.2 Å². The molecule has 0 bridgehead atoms. The van der Waals surface area contributed by atoms with E-state index < -0.39 is 11.2 Å². The van der Waals surface area contributed by atoms with Crippen LogP contribution in [-0.2, 0) is 10.4 Å². The molecule has 1 amide bonds. The lowest BCUT2D eigenvalue weighted by Crippen LogP contribution is -2.50. The second-order valence-electron chi connectivity index (χ2n) is 6.00. The number of aliphatic hydroxyl groups is 1. The number of rotatable bonds is 6. The Morgan fingerprint density at radius 1 is 1.26 bits per heavy atom. The smallest absolute Gasteiger partial charge is 0.263 e. The van der Waals surface area contributed by atoms with Gasteiger partial charge in [-0.2, -0.15) is 0 Å². The minimum absolute atomic E-state index is 0.0720. The lowest BCUT2D eigenvalue weighted by molar-refractivity contribution is -0.135. The van der Waals surface area contributed by atoms with Gasteiger partial charge in [0.15, 0.2) is 5.60 Å². The fraction of sp³-hybridized carbons (Fsp3) is 0.353. The molecule has 2 rings (SSSR count). The van der Waals surface area contributed by atoms with Crippen LogP contribution < -0.4 is 10.1 Å². The monoisotopic (exact) mass is 337 g/mol. The van der Waals surface area contributed by atoms with Crippen LogP contribution in [0.1, 0.15) is 25.6 Å². The molecule has 0 radical (unpaired) electrons. The minimum Gasteiger partial charge on any atom is -0.478 e. The van der Waals surface area contributed by atoms with E-state index >= 15 is 0 Å². The maximum absolute atomic E-state index is 12.9. The Kier molecular flexibility index (Phi) is 5.06. The number of halogens is 1. The van der Waals surface area contributed by atoms with Gasteiger partial charge in [-0.05, 0) is 56.5 Å². The van der Waals surface area contributed by atoms with E-state index in [1.165, 1.54) is 35.6 Å². The number of carbonyl (C=O) groups is 1. The molecule has 0 spiro atoms. The Balaban J connectivity index is 1.97. The average molecular weight is 337 g/mol. The molecule has 1 unspecified atom stereocenters. The molecule has 23 heavy (non-hydrogen) atoms. The lowest BCUT2D eigenvalue weighted by atomic mass is 10.0. The predicted molar refractivity (Wildman–Crippen MR) is 88.0 cm³/mol. The van der Waals surface area contributed by atoms with Crippen LogP contribution in [-0.4, -0.2) is 23.2 Å². The van der Waals surface area contributed by atoms with Gasteiger partial charge in [0, 0.05) is 4.88 Å². The number of hydrogen-bond acceptors (Lipinski definition) is 4. The molecule has 0 saturated heterocycles. The van der Waals surface area contributed by atoms with Crippen LogP contribution in [0.2, 0.25) is 0 Å². The van der Waals surface area contributed by atoms with Gasteiger partial charge in [-0.1, -0.05) is 6.07 Å². The highest BCUT2D eigenvalue weighted by Gasteiger charge is 2.32. The summed E-state index contributed by atoms with van der Waals surface area (Å²) in [6, 6.07) is 9.13. The van der Waals surface area contributed by atoms with Crippen LogP contribution in [0.4, 0.5) is 4.39 Å². The molecule has 2 N–H and O–H groups in total. The van der Waals surface area contributed by atoms with E-state index in [1.807, 2.05) is 17.5 Å². The number of thiophene rings is 1. The van der Waals surface area contributed by atoms with Crippen LogP contribution in [0.15, 0.2) is 41.8 Å². The summed E-state index contributed by atoms with van der Waals surface area (Å²) < 4.78 is 18.5. The van der Waals surface area contributed by atoms with Crippen molar-refractivity contribution in [2.24, 2.45) is 0 Å². The third kappa shape index (κ3) is 4.53. The molecule has 0 fully saturated rings. The average Bonchev–Trinajstić information content (AvgIpc) is 3.02. The summed E-state index contributed by atoms with van der Waals surface area (Å²) in [5.41, 5.74) is -2.29. The summed E-state index contributed by atoms with van der Waals surface area (Å²) in [7, 11) is 0. The first-order valence-electron chi connectivity index (χ1n) is 7.20. The Bertz CT molecular complexity index is 651. The third-order valence-corrected chi connectivity index (χ3v) is 4.50. The van der Waals surface area contributed by atoms with Crippen molar-refractivity contribution in [3.05, 3.63) is 52.5 Å². The largest absolute Gasteiger partial charge is 0.478 e. The molecule has 0 saturated carbocycles. The highest BCUT2D eigenvalue weighted by atomic mass is 32.1. The van der Waals surface area contributed by atoms with E-state index in [9.17, 15) is 14.3 Å². The summed E-state index contributed by atoms with van der Waals surface area (Å²) in [6.07, 6.45) is 0. The highest BCUT2D eigenvalue weighted by molar-refractivity contribution is 7.10. The Morgan fingerprint density at radius 2 is 1.91 bits per heavy atom. The van der Waals surface area contributed by atoms with E-state index in [4.69, 9.17) is 4.74 Å². The molecular weight excluding hydrogens is 317 g/mol. The van der Waals surface area contributed by atoms with Gasteiger partial charge in [-0.15, -0.1) is 11.3 Å². The van der Waals surface area contributed by atoms with Crippen molar-refractivity contribution in [1.82, 2.24) is 5.32 Å². The molecular formula is C17H20FNO3S. The number of benzene rings is 1. The summed E-state index contributed by atoms with van der Waals surface area (Å²) in [4.78, 5) is 13.1. The molecule has 0 aliphatic carbocycles. The fourth-order valence-corrected chi connectivity index (χ4v) is 2.77. The Morgan fingerprint density at radius 3 is 2.48 bits per heavy atom. The zero-order valence-corrected chi connectivity index (χ0v) is 14.1. The van der Waals surface area contributed by atoms with Gasteiger partial charge in [0.1, 0.15) is 17.2 Å². The molecule has 1 heterocycles. The third-order valence-electron chi connectivity index (χ3n) is 3.38. The molecule has 1 aromatic carbocycles. The van der Waals surface area contributed by atoms with Gasteiger partial charge in [-0.25, -0.2) is 4.39 Å². The quantitative estimate of drug-likeness (QED) is 0.852. The Hall–Kier alpha value is -1.92. The lowest BCUT2D eigenvalue weighted by Gasteiger charge is -2.28. The van der Waals surface area contributed by atoms with Crippen LogP contribution in [0.3, 0.4) is 0 Å². The molecule has 0 aliphatic rings. The van der Waals surface area contributed by atoms with Crippen molar-refractivity contribution >= 4 is 17.2 Å². The van der Waals surface area contributed by atoms with Crippen LogP contribution in [0.25, 0.3) is 0 Å². The first-order valence-corrected chi connectivity index (χ1v) is 8.08. The van der Waals surface area contributed by atoms with Crippen LogP contribution in [0.5, 0.6) is 5.75 Å². The van der Waals surface area contributed by atoms with Gasteiger partial charge >= 0.3 is 0 Å². The SMILES string of the molecule is CC(C)(Oc1ccc(F)cc1)C(=O)NCC(C)(O)c1cccs1. The molecule has 4 nitrogen and oxygen atoms in total. The predicted octanol–water partition coefficient (Wildman–Crippen LogP) is 3.07. The van der Waals surface area contributed by atoms with Crippen molar-refractivity contribution in [3.63, 3.8) is 0 Å². The van der Waals surface area contributed by atoms with Crippen molar-refractivity contribution in [3.8, 4) is 5.75 Å². The van der Waals surface area contributed by atoms with Gasteiger partial charge in [0.2, 0.25) is 0 Å². The second kappa shape index (κ2) is 6.68. The van der Waals surface area contributed by atoms with Crippen molar-refractivity contribution in [2.75, 3.05) is 6.54 Å². The van der Waals surface area contributed by atoms with Gasteiger partial charge in [0.25, 0.3) is 5.91 Å². The number of nitrogens with one attached hydrogen (secondary N) is 1. The normalized spacial score (nSPS) is 14.1. The maximum atomic E-state index is 12.9.